The molecule has 2 heterocycles. The maximum Gasteiger partial charge on any atom is 0.336 e. The first-order valence-electron chi connectivity index (χ1n) is 11.5. The molecule has 5 nitrogen and oxygen atoms in total. The number of amides is 2. The second-order valence-electron chi connectivity index (χ2n) is 8.64. The summed E-state index contributed by atoms with van der Waals surface area (Å²) in [6.45, 7) is 11.1. The molecule has 0 radical (unpaired) electrons. The lowest BCUT2D eigenvalue weighted by Gasteiger charge is -2.42. The standard InChI is InChI=1S/C24H36N4O/c1-6-16-13-18-17-11-10-12-26(5)21(17)15-19-20(7-2)28(22(14-16)23(18)19)25-24(29)27(8-3)9-4/h13-14,17,21H,6-12,15H2,1-5H3,(H,25,29)/t17-,21-/m1/s1. The highest BCUT2D eigenvalue weighted by Gasteiger charge is 2.38. The van der Waals surface area contributed by atoms with Crippen molar-refractivity contribution in [2.75, 3.05) is 32.1 Å². The summed E-state index contributed by atoms with van der Waals surface area (Å²) in [5, 5.41) is 1.41. The zero-order valence-electron chi connectivity index (χ0n) is 18.7. The van der Waals surface area contributed by atoms with E-state index in [-0.39, 0.29) is 6.03 Å². The van der Waals surface area contributed by atoms with Crippen molar-refractivity contribution < 1.29 is 4.79 Å². The second kappa shape index (κ2) is 8.02. The molecule has 1 aliphatic heterocycles. The average molecular weight is 397 g/mol. The topological polar surface area (TPSA) is 40.5 Å². The molecule has 1 fully saturated rings. The summed E-state index contributed by atoms with van der Waals surface area (Å²) < 4.78 is 2.12. The number of likely N-dealkylation sites (tertiary alicyclic amines) is 1. The fraction of sp³-hybridized carbons (Fsp3) is 0.625. The van der Waals surface area contributed by atoms with Gasteiger partial charge >= 0.3 is 6.03 Å². The summed E-state index contributed by atoms with van der Waals surface area (Å²) in [5.41, 5.74) is 10.1. The lowest BCUT2D eigenvalue weighted by atomic mass is 9.74. The number of aryl methyl sites for hydroxylation is 1. The van der Waals surface area contributed by atoms with E-state index in [9.17, 15) is 4.79 Å². The monoisotopic (exact) mass is 396 g/mol. The van der Waals surface area contributed by atoms with Gasteiger partial charge in [0.05, 0.1) is 5.52 Å². The second-order valence-corrected chi connectivity index (χ2v) is 8.64. The molecule has 2 aliphatic rings. The smallest absolute Gasteiger partial charge is 0.324 e. The molecular weight excluding hydrogens is 360 g/mol. The normalized spacial score (nSPS) is 21.3. The third kappa shape index (κ3) is 3.24. The highest BCUT2D eigenvalue weighted by Crippen LogP contribution is 2.45. The molecule has 2 aromatic rings. The molecular formula is C24H36N4O. The molecule has 158 valence electrons. The molecule has 1 aromatic carbocycles. The molecule has 0 unspecified atom stereocenters. The number of rotatable bonds is 5. The van der Waals surface area contributed by atoms with E-state index in [2.05, 4.69) is 48.0 Å². The number of nitrogens with one attached hydrogen (secondary N) is 1. The van der Waals surface area contributed by atoms with Crippen molar-refractivity contribution in [2.45, 2.75) is 71.8 Å². The SMILES string of the molecule is CCc1cc2c3c(c(CC)n(NC(=O)N(CC)CC)c3c1)C[C@@H]1[C@@H]2CCCN1C. The highest BCUT2D eigenvalue weighted by atomic mass is 16.2. The van der Waals surface area contributed by atoms with Crippen LogP contribution >= 0.6 is 0 Å². The van der Waals surface area contributed by atoms with Crippen LogP contribution in [0.4, 0.5) is 4.79 Å². The summed E-state index contributed by atoms with van der Waals surface area (Å²) in [4.78, 5) is 17.3. The van der Waals surface area contributed by atoms with Crippen LogP contribution in [-0.2, 0) is 19.3 Å². The molecule has 0 spiro atoms. The van der Waals surface area contributed by atoms with Crippen molar-refractivity contribution >= 4 is 16.9 Å². The molecule has 1 N–H and O–H groups in total. The van der Waals surface area contributed by atoms with Crippen molar-refractivity contribution in [3.05, 3.63) is 34.5 Å². The number of carbonyl (C=O) groups is 1. The average Bonchev–Trinajstić information content (AvgIpc) is 3.02. The van der Waals surface area contributed by atoms with Gasteiger partial charge in [-0.3, -0.25) is 4.68 Å². The van der Waals surface area contributed by atoms with E-state index in [0.29, 0.717) is 12.0 Å². The van der Waals surface area contributed by atoms with Gasteiger partial charge in [-0.15, -0.1) is 0 Å². The van der Waals surface area contributed by atoms with E-state index in [0.717, 1.165) is 32.4 Å². The fourth-order valence-electron chi connectivity index (χ4n) is 5.63. The van der Waals surface area contributed by atoms with Crippen LogP contribution in [0.3, 0.4) is 0 Å². The number of hydrogen-bond acceptors (Lipinski definition) is 2. The van der Waals surface area contributed by atoms with Crippen molar-refractivity contribution in [1.82, 2.24) is 14.5 Å². The molecule has 0 bridgehead atoms. The van der Waals surface area contributed by atoms with Crippen molar-refractivity contribution in [3.8, 4) is 0 Å². The van der Waals surface area contributed by atoms with Gasteiger partial charge in [0, 0.05) is 36.1 Å². The number of fused-ring (bicyclic) bond motifs is 2. The van der Waals surface area contributed by atoms with Gasteiger partial charge in [0.1, 0.15) is 0 Å². The summed E-state index contributed by atoms with van der Waals surface area (Å²) in [6.07, 6.45) is 5.57. The van der Waals surface area contributed by atoms with Crippen LogP contribution in [0.25, 0.3) is 10.9 Å². The minimum absolute atomic E-state index is 0.00890. The van der Waals surface area contributed by atoms with E-state index in [1.807, 2.05) is 18.7 Å². The molecule has 5 heteroatoms. The zero-order chi connectivity index (χ0) is 20.7. The van der Waals surface area contributed by atoms with Crippen LogP contribution in [0.2, 0.25) is 0 Å². The van der Waals surface area contributed by atoms with Crippen molar-refractivity contribution in [2.24, 2.45) is 0 Å². The summed E-state index contributed by atoms with van der Waals surface area (Å²) in [6, 6.07) is 5.32. The molecule has 4 rings (SSSR count). The molecule has 2 amide bonds. The number of nitrogens with zero attached hydrogens (tertiary/aromatic N) is 3. The first-order chi connectivity index (χ1) is 14.0. The van der Waals surface area contributed by atoms with E-state index in [4.69, 9.17) is 0 Å². The van der Waals surface area contributed by atoms with E-state index < -0.39 is 0 Å². The summed E-state index contributed by atoms with van der Waals surface area (Å²) in [7, 11) is 2.29. The molecule has 2 atom stereocenters. The predicted molar refractivity (Wildman–Crippen MR) is 120 cm³/mol. The number of carbonyl (C=O) groups excluding carboxylic acids is 1. The van der Waals surface area contributed by atoms with Gasteiger partial charge in [0.15, 0.2) is 0 Å². The highest BCUT2D eigenvalue weighted by molar-refractivity contribution is 5.94. The Kier molecular flexibility index (Phi) is 5.60. The van der Waals surface area contributed by atoms with Crippen LogP contribution < -0.4 is 5.43 Å². The Balaban J connectivity index is 1.90. The van der Waals surface area contributed by atoms with Gasteiger partial charge in [-0.1, -0.05) is 19.9 Å². The number of hydrogen-bond donors (Lipinski definition) is 1. The Morgan fingerprint density at radius 3 is 2.59 bits per heavy atom. The number of likely N-dealkylation sites (N-methyl/N-ethyl adjacent to an activating group) is 1. The largest absolute Gasteiger partial charge is 0.336 e. The number of urea groups is 1. The number of piperidine rings is 1. The predicted octanol–water partition coefficient (Wildman–Crippen LogP) is 4.51. The quantitative estimate of drug-likeness (QED) is 0.808. The van der Waals surface area contributed by atoms with Crippen LogP contribution in [0.1, 0.15) is 68.8 Å². The number of benzene rings is 1. The summed E-state index contributed by atoms with van der Waals surface area (Å²) >= 11 is 0. The van der Waals surface area contributed by atoms with Crippen LogP contribution in [0, 0.1) is 0 Å². The lowest BCUT2D eigenvalue weighted by molar-refractivity contribution is 0.157. The Bertz CT molecular complexity index is 911. The minimum Gasteiger partial charge on any atom is -0.324 e. The van der Waals surface area contributed by atoms with E-state index in [1.165, 1.54) is 52.7 Å². The van der Waals surface area contributed by atoms with Crippen LogP contribution in [-0.4, -0.2) is 53.2 Å². The van der Waals surface area contributed by atoms with Crippen molar-refractivity contribution in [1.29, 1.82) is 0 Å². The maximum absolute atomic E-state index is 12.9. The van der Waals surface area contributed by atoms with E-state index in [1.54, 1.807) is 0 Å². The molecule has 29 heavy (non-hydrogen) atoms. The molecule has 1 aliphatic carbocycles. The number of aromatic nitrogens is 1. The van der Waals surface area contributed by atoms with Gasteiger partial charge in [0.2, 0.25) is 0 Å². The van der Waals surface area contributed by atoms with Gasteiger partial charge in [-0.05, 0) is 82.3 Å². The third-order valence-electron chi connectivity index (χ3n) is 7.24. The lowest BCUT2D eigenvalue weighted by Crippen LogP contribution is -2.44. The van der Waals surface area contributed by atoms with Gasteiger partial charge < -0.3 is 9.80 Å². The molecule has 0 saturated carbocycles. The first-order valence-corrected chi connectivity index (χ1v) is 11.5. The maximum atomic E-state index is 12.9. The molecule has 1 aromatic heterocycles. The van der Waals surface area contributed by atoms with Gasteiger partial charge in [0.25, 0.3) is 0 Å². The van der Waals surface area contributed by atoms with E-state index >= 15 is 0 Å². The van der Waals surface area contributed by atoms with Gasteiger partial charge in [-0.25, -0.2) is 10.2 Å². The fourth-order valence-corrected chi connectivity index (χ4v) is 5.63. The minimum atomic E-state index is -0.00890. The Hall–Kier alpha value is -2.01. The third-order valence-corrected chi connectivity index (χ3v) is 7.24. The Morgan fingerprint density at radius 1 is 1.17 bits per heavy atom. The summed E-state index contributed by atoms with van der Waals surface area (Å²) in [5.74, 6) is 0.606. The molecule has 1 saturated heterocycles. The zero-order valence-corrected chi connectivity index (χ0v) is 18.7. The van der Waals surface area contributed by atoms with Gasteiger partial charge in [-0.2, -0.15) is 0 Å². The first kappa shape index (κ1) is 20.3. The Labute approximate surface area is 175 Å². The van der Waals surface area contributed by atoms with Crippen LogP contribution in [0.15, 0.2) is 12.1 Å². The Morgan fingerprint density at radius 2 is 1.93 bits per heavy atom. The van der Waals surface area contributed by atoms with Crippen LogP contribution in [0.5, 0.6) is 0 Å². The van der Waals surface area contributed by atoms with Crippen molar-refractivity contribution in [3.63, 3.8) is 0 Å².